The highest BCUT2D eigenvalue weighted by molar-refractivity contribution is 7.99. The first-order valence-electron chi connectivity index (χ1n) is 10.7. The Balaban J connectivity index is 1.52. The van der Waals surface area contributed by atoms with Crippen LogP contribution in [-0.2, 0) is 14.4 Å². The number of carboxylic acids is 1. The SMILES string of the molecule is CCC(C)C(NC(=O)C1CSC2c3ccccc3C(=O)N12)C(=O)N1CCCC1C(=O)O. The number of thioether (sulfide) groups is 1. The van der Waals surface area contributed by atoms with Gasteiger partial charge in [0.05, 0.1) is 0 Å². The van der Waals surface area contributed by atoms with Crippen LogP contribution in [0.25, 0.3) is 0 Å². The molecule has 0 radical (unpaired) electrons. The minimum Gasteiger partial charge on any atom is -0.480 e. The smallest absolute Gasteiger partial charge is 0.326 e. The molecule has 0 spiro atoms. The van der Waals surface area contributed by atoms with Crippen molar-refractivity contribution in [2.24, 2.45) is 5.92 Å². The van der Waals surface area contributed by atoms with Crippen LogP contribution in [0.1, 0.15) is 54.4 Å². The second kappa shape index (κ2) is 8.53. The van der Waals surface area contributed by atoms with Crippen molar-refractivity contribution in [2.45, 2.75) is 56.6 Å². The summed E-state index contributed by atoms with van der Waals surface area (Å²) in [6.45, 7) is 4.18. The minimum absolute atomic E-state index is 0.164. The van der Waals surface area contributed by atoms with Gasteiger partial charge in [-0.15, -0.1) is 11.8 Å². The van der Waals surface area contributed by atoms with Crippen molar-refractivity contribution in [2.75, 3.05) is 12.3 Å². The largest absolute Gasteiger partial charge is 0.480 e. The Hall–Kier alpha value is -2.55. The zero-order valence-electron chi connectivity index (χ0n) is 17.6. The number of carbonyl (C=O) groups excluding carboxylic acids is 3. The van der Waals surface area contributed by atoms with Gasteiger partial charge < -0.3 is 20.2 Å². The molecule has 5 atom stereocenters. The summed E-state index contributed by atoms with van der Waals surface area (Å²) in [4.78, 5) is 53.9. The number of carboxylic acid groups (broad SMARTS) is 1. The number of benzene rings is 1. The predicted molar refractivity (Wildman–Crippen MR) is 115 cm³/mol. The molecule has 31 heavy (non-hydrogen) atoms. The normalized spacial score (nSPS) is 26.4. The number of aliphatic carboxylic acids is 1. The molecule has 2 N–H and O–H groups in total. The fourth-order valence-electron chi connectivity index (χ4n) is 4.64. The van der Waals surface area contributed by atoms with Crippen LogP contribution in [0.15, 0.2) is 24.3 Å². The van der Waals surface area contributed by atoms with Crippen LogP contribution in [0, 0.1) is 5.92 Å². The van der Waals surface area contributed by atoms with E-state index in [1.54, 1.807) is 22.7 Å². The van der Waals surface area contributed by atoms with Crippen LogP contribution >= 0.6 is 11.8 Å². The van der Waals surface area contributed by atoms with Crippen LogP contribution in [0.3, 0.4) is 0 Å². The molecule has 3 heterocycles. The molecule has 1 aromatic carbocycles. The molecule has 5 unspecified atom stereocenters. The van der Waals surface area contributed by atoms with Gasteiger partial charge in [-0.05, 0) is 30.4 Å². The summed E-state index contributed by atoms with van der Waals surface area (Å²) in [7, 11) is 0. The van der Waals surface area contributed by atoms with E-state index in [2.05, 4.69) is 5.32 Å². The van der Waals surface area contributed by atoms with Crippen LogP contribution < -0.4 is 5.32 Å². The van der Waals surface area contributed by atoms with Gasteiger partial charge in [0.15, 0.2) is 0 Å². The fourth-order valence-corrected chi connectivity index (χ4v) is 6.11. The second-order valence-corrected chi connectivity index (χ2v) is 9.51. The molecule has 9 heteroatoms. The van der Waals surface area contributed by atoms with E-state index in [1.807, 2.05) is 32.0 Å². The maximum Gasteiger partial charge on any atom is 0.326 e. The number of carbonyl (C=O) groups is 4. The highest BCUT2D eigenvalue weighted by Crippen LogP contribution is 2.48. The summed E-state index contributed by atoms with van der Waals surface area (Å²) in [5.74, 6) is -1.60. The Morgan fingerprint density at radius 2 is 2.00 bits per heavy atom. The molecule has 2 saturated heterocycles. The molecule has 0 bridgehead atoms. The first kappa shape index (κ1) is 21.7. The van der Waals surface area contributed by atoms with Crippen molar-refractivity contribution in [1.29, 1.82) is 0 Å². The van der Waals surface area contributed by atoms with Gasteiger partial charge in [0.2, 0.25) is 11.8 Å². The van der Waals surface area contributed by atoms with Crippen LogP contribution in [-0.4, -0.2) is 69.0 Å². The van der Waals surface area contributed by atoms with Gasteiger partial charge >= 0.3 is 5.97 Å². The maximum atomic E-state index is 13.2. The number of likely N-dealkylation sites (tertiary alicyclic amines) is 1. The molecule has 4 rings (SSSR count). The van der Waals surface area contributed by atoms with Gasteiger partial charge in [-0.2, -0.15) is 0 Å². The third kappa shape index (κ3) is 3.69. The Morgan fingerprint density at radius 3 is 2.71 bits per heavy atom. The molecule has 8 nitrogen and oxygen atoms in total. The molecular weight excluding hydrogens is 418 g/mol. The average Bonchev–Trinajstić information content (AvgIpc) is 3.48. The summed E-state index contributed by atoms with van der Waals surface area (Å²) in [6.07, 6.45) is 1.70. The second-order valence-electron chi connectivity index (χ2n) is 8.40. The summed E-state index contributed by atoms with van der Waals surface area (Å²) in [5, 5.41) is 12.1. The minimum atomic E-state index is -1.02. The third-order valence-corrected chi connectivity index (χ3v) is 7.90. The maximum absolute atomic E-state index is 13.2. The Morgan fingerprint density at radius 1 is 1.26 bits per heavy atom. The van der Waals surface area contributed by atoms with E-state index in [4.69, 9.17) is 0 Å². The van der Waals surface area contributed by atoms with E-state index in [1.165, 1.54) is 4.90 Å². The van der Waals surface area contributed by atoms with Gasteiger partial charge in [-0.1, -0.05) is 38.5 Å². The highest BCUT2D eigenvalue weighted by atomic mass is 32.2. The van der Waals surface area contributed by atoms with Crippen LogP contribution in [0.2, 0.25) is 0 Å². The lowest BCUT2D eigenvalue weighted by atomic mass is 9.97. The number of amides is 3. The lowest BCUT2D eigenvalue weighted by Crippen LogP contribution is -2.57. The lowest BCUT2D eigenvalue weighted by Gasteiger charge is -2.32. The molecule has 1 aromatic rings. The zero-order valence-corrected chi connectivity index (χ0v) is 18.4. The van der Waals surface area contributed by atoms with Crippen molar-refractivity contribution >= 4 is 35.5 Å². The molecule has 3 aliphatic heterocycles. The predicted octanol–water partition coefficient (Wildman–Crippen LogP) is 1.86. The summed E-state index contributed by atoms with van der Waals surface area (Å²) >= 11 is 1.55. The monoisotopic (exact) mass is 445 g/mol. The Kier molecular flexibility index (Phi) is 5.96. The third-order valence-electron chi connectivity index (χ3n) is 6.59. The van der Waals surface area contributed by atoms with Crippen molar-refractivity contribution in [3.05, 3.63) is 35.4 Å². The van der Waals surface area contributed by atoms with E-state index >= 15 is 0 Å². The topological polar surface area (TPSA) is 107 Å². The first-order valence-corrected chi connectivity index (χ1v) is 11.8. The van der Waals surface area contributed by atoms with Gasteiger partial charge in [-0.25, -0.2) is 4.79 Å². The molecule has 0 aromatic heterocycles. The molecule has 3 amide bonds. The Bertz CT molecular complexity index is 922. The number of nitrogens with zero attached hydrogens (tertiary/aromatic N) is 2. The summed E-state index contributed by atoms with van der Waals surface area (Å²) in [6, 6.07) is 5.05. The van der Waals surface area contributed by atoms with Crippen LogP contribution in [0.4, 0.5) is 0 Å². The molecular formula is C22H27N3O5S. The van der Waals surface area contributed by atoms with Crippen molar-refractivity contribution in [1.82, 2.24) is 15.1 Å². The summed E-state index contributed by atoms with van der Waals surface area (Å²) in [5.41, 5.74) is 1.54. The zero-order chi connectivity index (χ0) is 22.3. The molecule has 166 valence electrons. The molecule has 3 aliphatic rings. The quantitative estimate of drug-likeness (QED) is 0.692. The van der Waals surface area contributed by atoms with Gasteiger partial charge in [0.1, 0.15) is 23.5 Å². The first-order chi connectivity index (χ1) is 14.8. The van der Waals surface area contributed by atoms with Crippen molar-refractivity contribution < 1.29 is 24.3 Å². The summed E-state index contributed by atoms with van der Waals surface area (Å²) < 4.78 is 0. The van der Waals surface area contributed by atoms with E-state index in [0.29, 0.717) is 37.1 Å². The lowest BCUT2D eigenvalue weighted by molar-refractivity contribution is -0.150. The van der Waals surface area contributed by atoms with E-state index < -0.39 is 24.1 Å². The number of fused-ring (bicyclic) bond motifs is 3. The van der Waals surface area contributed by atoms with E-state index in [0.717, 1.165) is 5.56 Å². The Labute approximate surface area is 185 Å². The molecule has 0 saturated carbocycles. The van der Waals surface area contributed by atoms with E-state index in [-0.39, 0.29) is 29.0 Å². The molecule has 2 fully saturated rings. The van der Waals surface area contributed by atoms with Gasteiger partial charge in [-0.3, -0.25) is 14.4 Å². The van der Waals surface area contributed by atoms with Crippen molar-refractivity contribution in [3.63, 3.8) is 0 Å². The fraction of sp³-hybridized carbons (Fsp3) is 0.545. The van der Waals surface area contributed by atoms with E-state index in [9.17, 15) is 24.3 Å². The van der Waals surface area contributed by atoms with Gasteiger partial charge in [0, 0.05) is 17.9 Å². The van der Waals surface area contributed by atoms with Gasteiger partial charge in [0.25, 0.3) is 5.91 Å². The van der Waals surface area contributed by atoms with Crippen LogP contribution in [0.5, 0.6) is 0 Å². The average molecular weight is 446 g/mol. The van der Waals surface area contributed by atoms with Crippen molar-refractivity contribution in [3.8, 4) is 0 Å². The standard InChI is InChI=1S/C22H27N3O5S/c1-3-12(2)17(20(28)24-10-6-9-15(24)22(29)30)23-18(26)16-11-31-21-14-8-5-4-7-13(14)19(27)25(16)21/h4-5,7-8,12,15-17,21H,3,6,9-11H2,1-2H3,(H,23,26)(H,29,30). The highest BCUT2D eigenvalue weighted by Gasteiger charge is 2.49. The number of hydrogen-bond donors (Lipinski definition) is 2. The number of rotatable bonds is 6. The number of nitrogens with one attached hydrogen (secondary N) is 1. The number of hydrogen-bond acceptors (Lipinski definition) is 5. The molecule has 0 aliphatic carbocycles.